The Morgan fingerprint density at radius 2 is 2.17 bits per heavy atom. The molecular weight excluding hydrogens is 300 g/mol. The molecule has 1 amide bonds. The Kier molecular flexibility index (Phi) is 4.56. The zero-order valence-electron chi connectivity index (χ0n) is 14.6. The van der Waals surface area contributed by atoms with Gasteiger partial charge in [-0.3, -0.25) is 14.7 Å². The molecule has 0 saturated carbocycles. The van der Waals surface area contributed by atoms with E-state index < -0.39 is 0 Å². The van der Waals surface area contributed by atoms with Crippen molar-refractivity contribution in [3.63, 3.8) is 0 Å². The number of piperidine rings is 1. The van der Waals surface area contributed by atoms with Crippen molar-refractivity contribution in [2.45, 2.75) is 39.3 Å². The minimum absolute atomic E-state index is 0.0117. The first kappa shape index (κ1) is 16.9. The van der Waals surface area contributed by atoms with Crippen molar-refractivity contribution in [3.05, 3.63) is 36.5 Å². The molecule has 1 aromatic carbocycles. The summed E-state index contributed by atoms with van der Waals surface area (Å²) in [7, 11) is 0. The summed E-state index contributed by atoms with van der Waals surface area (Å²) in [6.07, 6.45) is 2.68. The van der Waals surface area contributed by atoms with Gasteiger partial charge in [-0.1, -0.05) is 19.9 Å². The SMILES string of the molecule is CC(C(=O)Nc1cccc2ncccc12)N1CCC(N)C(C)(C)C1. The molecule has 128 valence electrons. The van der Waals surface area contributed by atoms with Crippen molar-refractivity contribution in [3.8, 4) is 0 Å². The molecular formula is C19H26N4O. The lowest BCUT2D eigenvalue weighted by atomic mass is 9.79. The summed E-state index contributed by atoms with van der Waals surface area (Å²) in [6.45, 7) is 8.00. The van der Waals surface area contributed by atoms with E-state index >= 15 is 0 Å². The van der Waals surface area contributed by atoms with Crippen molar-refractivity contribution >= 4 is 22.5 Å². The zero-order valence-corrected chi connectivity index (χ0v) is 14.6. The summed E-state index contributed by atoms with van der Waals surface area (Å²) in [4.78, 5) is 19.3. The molecule has 2 atom stereocenters. The third-order valence-corrected chi connectivity index (χ3v) is 5.17. The van der Waals surface area contributed by atoms with Crippen LogP contribution in [-0.4, -0.2) is 41.0 Å². The number of likely N-dealkylation sites (tertiary alicyclic amines) is 1. The normalized spacial score (nSPS) is 22.2. The van der Waals surface area contributed by atoms with Gasteiger partial charge in [-0.05, 0) is 43.0 Å². The average molecular weight is 326 g/mol. The van der Waals surface area contributed by atoms with Crippen molar-refractivity contribution in [1.82, 2.24) is 9.88 Å². The molecule has 1 saturated heterocycles. The second-order valence-corrected chi connectivity index (χ2v) is 7.40. The molecule has 1 aliphatic rings. The van der Waals surface area contributed by atoms with Gasteiger partial charge in [-0.15, -0.1) is 0 Å². The quantitative estimate of drug-likeness (QED) is 0.909. The van der Waals surface area contributed by atoms with Crippen LogP contribution in [0.2, 0.25) is 0 Å². The summed E-state index contributed by atoms with van der Waals surface area (Å²) in [5.41, 5.74) is 7.92. The Morgan fingerprint density at radius 1 is 1.38 bits per heavy atom. The maximum atomic E-state index is 12.7. The summed E-state index contributed by atoms with van der Waals surface area (Å²) in [5.74, 6) is 0.0117. The lowest BCUT2D eigenvalue weighted by Gasteiger charge is -2.44. The monoisotopic (exact) mass is 326 g/mol. The Hall–Kier alpha value is -1.98. The Bertz CT molecular complexity index is 738. The highest BCUT2D eigenvalue weighted by Gasteiger charge is 2.36. The highest BCUT2D eigenvalue weighted by Crippen LogP contribution is 2.29. The van der Waals surface area contributed by atoms with Crippen molar-refractivity contribution < 1.29 is 4.79 Å². The van der Waals surface area contributed by atoms with E-state index in [1.807, 2.05) is 37.3 Å². The van der Waals surface area contributed by atoms with Crippen molar-refractivity contribution in [2.75, 3.05) is 18.4 Å². The molecule has 5 nitrogen and oxygen atoms in total. The number of anilines is 1. The van der Waals surface area contributed by atoms with E-state index in [0.29, 0.717) is 0 Å². The molecule has 0 aliphatic carbocycles. The van der Waals surface area contributed by atoms with Crippen LogP contribution in [-0.2, 0) is 4.79 Å². The van der Waals surface area contributed by atoms with Crippen LogP contribution in [0.4, 0.5) is 5.69 Å². The molecule has 0 spiro atoms. The molecule has 2 aromatic rings. The predicted molar refractivity (Wildman–Crippen MR) is 97.8 cm³/mol. The number of benzene rings is 1. The number of amides is 1. The van der Waals surface area contributed by atoms with E-state index in [2.05, 4.69) is 29.0 Å². The molecule has 3 N–H and O–H groups in total. The van der Waals surface area contributed by atoms with E-state index in [4.69, 9.17) is 5.73 Å². The fraction of sp³-hybridized carbons (Fsp3) is 0.474. The van der Waals surface area contributed by atoms with E-state index in [0.717, 1.165) is 36.1 Å². The first-order chi connectivity index (χ1) is 11.4. The smallest absolute Gasteiger partial charge is 0.241 e. The zero-order chi connectivity index (χ0) is 17.3. The molecule has 1 aliphatic heterocycles. The van der Waals surface area contributed by atoms with Crippen LogP contribution in [0, 0.1) is 5.41 Å². The number of carbonyl (C=O) groups is 1. The Balaban J connectivity index is 1.74. The van der Waals surface area contributed by atoms with Crippen LogP contribution in [0.5, 0.6) is 0 Å². The number of aromatic nitrogens is 1. The number of hydrogen-bond donors (Lipinski definition) is 2. The molecule has 1 aromatic heterocycles. The van der Waals surface area contributed by atoms with Gasteiger partial charge in [0.2, 0.25) is 5.91 Å². The standard InChI is InChI=1S/C19H26N4O/c1-13(23-11-9-17(20)19(2,3)12-23)18(24)22-16-8-4-7-15-14(16)6-5-10-21-15/h4-8,10,13,17H,9,11-12,20H2,1-3H3,(H,22,24). The van der Waals surface area contributed by atoms with E-state index in [1.54, 1.807) is 6.20 Å². The molecule has 5 heteroatoms. The Labute approximate surface area is 143 Å². The molecule has 24 heavy (non-hydrogen) atoms. The summed E-state index contributed by atoms with van der Waals surface area (Å²) >= 11 is 0. The number of nitrogens with two attached hydrogens (primary N) is 1. The van der Waals surface area contributed by atoms with Gasteiger partial charge >= 0.3 is 0 Å². The second-order valence-electron chi connectivity index (χ2n) is 7.40. The third-order valence-electron chi connectivity index (χ3n) is 5.17. The number of pyridine rings is 1. The number of nitrogens with zero attached hydrogens (tertiary/aromatic N) is 2. The van der Waals surface area contributed by atoms with Gasteiger partial charge in [0.25, 0.3) is 0 Å². The van der Waals surface area contributed by atoms with Crippen molar-refractivity contribution in [1.29, 1.82) is 0 Å². The first-order valence-electron chi connectivity index (χ1n) is 8.53. The molecule has 0 radical (unpaired) electrons. The lowest BCUT2D eigenvalue weighted by molar-refractivity contribution is -0.122. The molecule has 1 fully saturated rings. The average Bonchev–Trinajstić information content (AvgIpc) is 2.57. The number of carbonyl (C=O) groups excluding carboxylic acids is 1. The van der Waals surface area contributed by atoms with Crippen LogP contribution in [0.15, 0.2) is 36.5 Å². The summed E-state index contributed by atoms with van der Waals surface area (Å²) < 4.78 is 0. The third kappa shape index (κ3) is 3.28. The first-order valence-corrected chi connectivity index (χ1v) is 8.53. The van der Waals surface area contributed by atoms with Gasteiger partial charge < -0.3 is 11.1 Å². The largest absolute Gasteiger partial charge is 0.327 e. The van der Waals surface area contributed by atoms with Gasteiger partial charge in [0, 0.05) is 30.7 Å². The van der Waals surface area contributed by atoms with Gasteiger partial charge in [0.05, 0.1) is 17.2 Å². The number of nitrogens with one attached hydrogen (secondary N) is 1. The topological polar surface area (TPSA) is 71.2 Å². The number of hydrogen-bond acceptors (Lipinski definition) is 4. The van der Waals surface area contributed by atoms with Crippen molar-refractivity contribution in [2.24, 2.45) is 11.1 Å². The van der Waals surface area contributed by atoms with E-state index in [-0.39, 0.29) is 23.4 Å². The molecule has 2 heterocycles. The maximum Gasteiger partial charge on any atom is 0.241 e. The Morgan fingerprint density at radius 3 is 2.92 bits per heavy atom. The highest BCUT2D eigenvalue weighted by atomic mass is 16.2. The van der Waals surface area contributed by atoms with Crippen LogP contribution in [0.1, 0.15) is 27.2 Å². The fourth-order valence-electron chi connectivity index (χ4n) is 3.36. The number of rotatable bonds is 3. The second kappa shape index (κ2) is 6.49. The molecule has 3 rings (SSSR count). The summed E-state index contributed by atoms with van der Waals surface area (Å²) in [6, 6.07) is 9.64. The summed E-state index contributed by atoms with van der Waals surface area (Å²) in [5, 5.41) is 4.03. The number of fused-ring (bicyclic) bond motifs is 1. The van der Waals surface area contributed by atoms with Crippen LogP contribution < -0.4 is 11.1 Å². The lowest BCUT2D eigenvalue weighted by Crippen LogP contribution is -2.56. The fourth-order valence-corrected chi connectivity index (χ4v) is 3.36. The highest BCUT2D eigenvalue weighted by molar-refractivity contribution is 6.02. The molecule has 0 bridgehead atoms. The van der Waals surface area contributed by atoms with Gasteiger partial charge in [0.15, 0.2) is 0 Å². The maximum absolute atomic E-state index is 12.7. The van der Waals surface area contributed by atoms with E-state index in [9.17, 15) is 4.79 Å². The van der Waals surface area contributed by atoms with Gasteiger partial charge in [-0.2, -0.15) is 0 Å². The van der Waals surface area contributed by atoms with Crippen LogP contribution in [0.25, 0.3) is 10.9 Å². The minimum Gasteiger partial charge on any atom is -0.327 e. The van der Waals surface area contributed by atoms with Crippen LogP contribution in [0.3, 0.4) is 0 Å². The van der Waals surface area contributed by atoms with E-state index in [1.165, 1.54) is 0 Å². The van der Waals surface area contributed by atoms with Gasteiger partial charge in [0.1, 0.15) is 0 Å². The minimum atomic E-state index is -0.191. The van der Waals surface area contributed by atoms with Gasteiger partial charge in [-0.25, -0.2) is 0 Å². The molecule has 2 unspecified atom stereocenters. The van der Waals surface area contributed by atoms with Crippen LogP contribution >= 0.6 is 0 Å². The predicted octanol–water partition coefficient (Wildman–Crippen LogP) is 2.62.